The summed E-state index contributed by atoms with van der Waals surface area (Å²) in [5.74, 6) is 0.0634. The zero-order valence-electron chi connectivity index (χ0n) is 8.99. The number of carbonyl (C=O) groups is 1. The Bertz CT molecular complexity index is 197. The van der Waals surface area contributed by atoms with Crippen molar-refractivity contribution in [1.29, 1.82) is 0 Å². The monoisotopic (exact) mass is 200 g/mol. The number of likely N-dealkylation sites (tertiary alicyclic amines) is 1. The summed E-state index contributed by atoms with van der Waals surface area (Å²) in [5.41, 5.74) is 0. The van der Waals surface area contributed by atoms with E-state index in [9.17, 15) is 9.90 Å². The van der Waals surface area contributed by atoms with E-state index < -0.39 is 0 Å². The minimum absolute atomic E-state index is 0.0634. The molecule has 2 N–H and O–H groups in total. The fourth-order valence-corrected chi connectivity index (χ4v) is 1.58. The lowest BCUT2D eigenvalue weighted by atomic mass is 10.2. The molecule has 1 fully saturated rings. The van der Waals surface area contributed by atoms with E-state index in [0.29, 0.717) is 13.1 Å². The van der Waals surface area contributed by atoms with Gasteiger partial charge in [-0.05, 0) is 19.8 Å². The lowest BCUT2D eigenvalue weighted by molar-refractivity contribution is -0.122. The van der Waals surface area contributed by atoms with E-state index in [0.717, 1.165) is 19.4 Å². The molecule has 0 bridgehead atoms. The third-order valence-corrected chi connectivity index (χ3v) is 2.63. The Hall–Kier alpha value is -0.610. The highest BCUT2D eigenvalue weighted by Gasteiger charge is 2.22. The van der Waals surface area contributed by atoms with Gasteiger partial charge in [-0.1, -0.05) is 6.92 Å². The Labute approximate surface area is 85.3 Å². The van der Waals surface area contributed by atoms with Crippen molar-refractivity contribution < 1.29 is 9.90 Å². The van der Waals surface area contributed by atoms with E-state index in [4.69, 9.17) is 0 Å². The summed E-state index contributed by atoms with van der Waals surface area (Å²) in [4.78, 5) is 13.4. The Balaban J connectivity index is 2.20. The highest BCUT2D eigenvalue weighted by atomic mass is 16.3. The zero-order chi connectivity index (χ0) is 10.6. The summed E-state index contributed by atoms with van der Waals surface area (Å²) >= 11 is 0. The van der Waals surface area contributed by atoms with Gasteiger partial charge < -0.3 is 10.4 Å². The highest BCUT2D eigenvalue weighted by molar-refractivity contribution is 5.78. The maximum atomic E-state index is 11.4. The molecule has 1 rings (SSSR count). The Morgan fingerprint density at radius 3 is 2.93 bits per heavy atom. The van der Waals surface area contributed by atoms with E-state index in [-0.39, 0.29) is 18.1 Å². The van der Waals surface area contributed by atoms with Crippen LogP contribution in [-0.4, -0.2) is 47.7 Å². The van der Waals surface area contributed by atoms with Crippen molar-refractivity contribution in [1.82, 2.24) is 10.2 Å². The van der Waals surface area contributed by atoms with Crippen LogP contribution in [0.25, 0.3) is 0 Å². The molecule has 1 aliphatic rings. The molecule has 0 aliphatic carbocycles. The third-order valence-electron chi connectivity index (χ3n) is 2.63. The molecule has 0 aromatic carbocycles. The van der Waals surface area contributed by atoms with Crippen LogP contribution in [0.5, 0.6) is 0 Å². The van der Waals surface area contributed by atoms with Gasteiger partial charge in [-0.25, -0.2) is 0 Å². The number of aliphatic hydroxyl groups excluding tert-OH is 1. The molecular weight excluding hydrogens is 180 g/mol. The van der Waals surface area contributed by atoms with E-state index in [1.54, 1.807) is 0 Å². The first-order valence-corrected chi connectivity index (χ1v) is 5.31. The number of rotatable bonds is 4. The minimum Gasteiger partial charge on any atom is -0.392 e. The number of carbonyl (C=O) groups excluding carboxylic acids is 1. The first-order chi connectivity index (χ1) is 6.61. The fraction of sp³-hybridized carbons (Fsp3) is 0.900. The molecule has 4 heteroatoms. The summed E-state index contributed by atoms with van der Waals surface area (Å²) in [6.45, 7) is 5.92. The topological polar surface area (TPSA) is 52.6 Å². The van der Waals surface area contributed by atoms with Gasteiger partial charge in [-0.3, -0.25) is 9.69 Å². The van der Waals surface area contributed by atoms with Crippen LogP contribution in [0.15, 0.2) is 0 Å². The molecule has 1 saturated heterocycles. The van der Waals surface area contributed by atoms with Crippen molar-refractivity contribution in [2.75, 3.05) is 19.6 Å². The molecule has 82 valence electrons. The summed E-state index contributed by atoms with van der Waals surface area (Å²) in [6.07, 6.45) is 1.50. The van der Waals surface area contributed by atoms with Crippen molar-refractivity contribution in [3.8, 4) is 0 Å². The van der Waals surface area contributed by atoms with E-state index in [1.165, 1.54) is 0 Å². The van der Waals surface area contributed by atoms with Crippen molar-refractivity contribution in [3.63, 3.8) is 0 Å². The van der Waals surface area contributed by atoms with Crippen LogP contribution >= 0.6 is 0 Å². The normalized spacial score (nSPS) is 24.9. The van der Waals surface area contributed by atoms with Gasteiger partial charge in [0.1, 0.15) is 0 Å². The smallest absolute Gasteiger partial charge is 0.234 e. The predicted octanol–water partition coefficient (Wildman–Crippen LogP) is -0.0323. The van der Waals surface area contributed by atoms with E-state index in [1.807, 2.05) is 18.7 Å². The molecule has 0 radical (unpaired) electrons. The lowest BCUT2D eigenvalue weighted by Gasteiger charge is -2.16. The average molecular weight is 200 g/mol. The van der Waals surface area contributed by atoms with Crippen molar-refractivity contribution in [2.24, 2.45) is 0 Å². The number of amides is 1. The van der Waals surface area contributed by atoms with Crippen LogP contribution in [0.3, 0.4) is 0 Å². The van der Waals surface area contributed by atoms with Gasteiger partial charge in [0.05, 0.1) is 12.6 Å². The van der Waals surface area contributed by atoms with Gasteiger partial charge in [-0.2, -0.15) is 0 Å². The van der Waals surface area contributed by atoms with Gasteiger partial charge in [-0.15, -0.1) is 0 Å². The van der Waals surface area contributed by atoms with Gasteiger partial charge in [0, 0.05) is 19.1 Å². The Morgan fingerprint density at radius 1 is 1.71 bits per heavy atom. The summed E-state index contributed by atoms with van der Waals surface area (Å²) in [6, 6.07) is 0.245. The maximum absolute atomic E-state index is 11.4. The first-order valence-electron chi connectivity index (χ1n) is 5.31. The molecular formula is C10H20N2O2. The van der Waals surface area contributed by atoms with Crippen LogP contribution in [-0.2, 0) is 4.79 Å². The molecule has 2 atom stereocenters. The van der Waals surface area contributed by atoms with Crippen LogP contribution in [0.4, 0.5) is 0 Å². The van der Waals surface area contributed by atoms with Crippen LogP contribution < -0.4 is 5.32 Å². The average Bonchev–Trinajstić information content (AvgIpc) is 2.50. The Morgan fingerprint density at radius 2 is 2.43 bits per heavy atom. The SMILES string of the molecule is CCC(C)NC(=O)CN1CCC(O)C1. The first kappa shape index (κ1) is 11.5. The zero-order valence-corrected chi connectivity index (χ0v) is 8.99. The molecule has 0 spiro atoms. The lowest BCUT2D eigenvalue weighted by Crippen LogP contribution is -2.40. The van der Waals surface area contributed by atoms with Crippen molar-refractivity contribution in [3.05, 3.63) is 0 Å². The van der Waals surface area contributed by atoms with Gasteiger partial charge in [0.2, 0.25) is 5.91 Å². The van der Waals surface area contributed by atoms with E-state index in [2.05, 4.69) is 5.32 Å². The number of hydrogen-bond acceptors (Lipinski definition) is 3. The summed E-state index contributed by atoms with van der Waals surface area (Å²) in [7, 11) is 0. The fourth-order valence-electron chi connectivity index (χ4n) is 1.58. The molecule has 4 nitrogen and oxygen atoms in total. The minimum atomic E-state index is -0.244. The second kappa shape index (κ2) is 5.32. The number of aliphatic hydroxyl groups is 1. The quantitative estimate of drug-likeness (QED) is 0.670. The van der Waals surface area contributed by atoms with Crippen LogP contribution in [0, 0.1) is 0 Å². The van der Waals surface area contributed by atoms with Crippen LogP contribution in [0.1, 0.15) is 26.7 Å². The molecule has 0 aromatic rings. The Kier molecular flexibility index (Phi) is 4.35. The van der Waals surface area contributed by atoms with Crippen molar-refractivity contribution >= 4 is 5.91 Å². The number of β-amino-alcohol motifs (C(OH)–C–C–N with tert-alkyl or cyclic N) is 1. The van der Waals surface area contributed by atoms with Gasteiger partial charge >= 0.3 is 0 Å². The second-order valence-electron chi connectivity index (χ2n) is 4.05. The van der Waals surface area contributed by atoms with Crippen molar-refractivity contribution in [2.45, 2.75) is 38.8 Å². The number of nitrogens with zero attached hydrogens (tertiary/aromatic N) is 1. The third kappa shape index (κ3) is 3.64. The number of hydrogen-bond donors (Lipinski definition) is 2. The predicted molar refractivity (Wildman–Crippen MR) is 55.0 cm³/mol. The maximum Gasteiger partial charge on any atom is 0.234 e. The molecule has 2 unspecified atom stereocenters. The van der Waals surface area contributed by atoms with Gasteiger partial charge in [0.15, 0.2) is 0 Å². The molecule has 14 heavy (non-hydrogen) atoms. The standard InChI is InChI=1S/C10H20N2O2/c1-3-8(2)11-10(14)7-12-5-4-9(13)6-12/h8-9,13H,3-7H2,1-2H3,(H,11,14). The summed E-state index contributed by atoms with van der Waals surface area (Å²) in [5, 5.41) is 12.2. The summed E-state index contributed by atoms with van der Waals surface area (Å²) < 4.78 is 0. The largest absolute Gasteiger partial charge is 0.392 e. The molecule has 0 aromatic heterocycles. The van der Waals surface area contributed by atoms with Crippen LogP contribution in [0.2, 0.25) is 0 Å². The highest BCUT2D eigenvalue weighted by Crippen LogP contribution is 2.07. The molecule has 1 heterocycles. The molecule has 1 amide bonds. The van der Waals surface area contributed by atoms with E-state index >= 15 is 0 Å². The number of nitrogens with one attached hydrogen (secondary N) is 1. The molecule has 0 saturated carbocycles. The van der Waals surface area contributed by atoms with Gasteiger partial charge in [0.25, 0.3) is 0 Å². The molecule has 1 aliphatic heterocycles. The second-order valence-corrected chi connectivity index (χ2v) is 4.05.